The van der Waals surface area contributed by atoms with Gasteiger partial charge in [-0.1, -0.05) is 11.8 Å². The maximum Gasteiger partial charge on any atom is 0.131 e. The van der Waals surface area contributed by atoms with E-state index in [0.29, 0.717) is 17.5 Å². The van der Waals surface area contributed by atoms with Gasteiger partial charge in [0.15, 0.2) is 0 Å². The standard InChI is InChI=1S/C11H9NO2/c12-8-9-4-5-11(14)10(7-9)3-1-2-6-13/h4-5,7,13-14H,2,6H2. The lowest BCUT2D eigenvalue weighted by atomic mass is 10.1. The topological polar surface area (TPSA) is 64.2 Å². The molecule has 0 aliphatic rings. The van der Waals surface area contributed by atoms with Crippen molar-refractivity contribution in [2.75, 3.05) is 6.61 Å². The van der Waals surface area contributed by atoms with Crippen LogP contribution in [0.4, 0.5) is 0 Å². The lowest BCUT2D eigenvalue weighted by molar-refractivity contribution is 0.305. The average Bonchev–Trinajstić information content (AvgIpc) is 2.21. The third-order valence-corrected chi connectivity index (χ3v) is 1.59. The Balaban J connectivity index is 2.98. The molecule has 2 N–H and O–H groups in total. The Labute approximate surface area is 82.2 Å². The van der Waals surface area contributed by atoms with Crippen molar-refractivity contribution in [2.24, 2.45) is 0 Å². The van der Waals surface area contributed by atoms with Gasteiger partial charge in [0.05, 0.1) is 23.8 Å². The number of nitriles is 1. The van der Waals surface area contributed by atoms with Crippen molar-refractivity contribution in [1.29, 1.82) is 5.26 Å². The molecule has 0 saturated carbocycles. The van der Waals surface area contributed by atoms with Crippen molar-refractivity contribution in [3.05, 3.63) is 29.3 Å². The van der Waals surface area contributed by atoms with E-state index in [4.69, 9.17) is 10.4 Å². The van der Waals surface area contributed by atoms with Crippen LogP contribution < -0.4 is 0 Å². The van der Waals surface area contributed by atoms with E-state index in [1.165, 1.54) is 18.2 Å². The van der Waals surface area contributed by atoms with E-state index in [2.05, 4.69) is 11.8 Å². The average molecular weight is 187 g/mol. The molecule has 0 aliphatic heterocycles. The monoisotopic (exact) mass is 187 g/mol. The third-order valence-electron chi connectivity index (χ3n) is 1.59. The van der Waals surface area contributed by atoms with Gasteiger partial charge in [0.1, 0.15) is 5.75 Å². The first kappa shape index (κ1) is 10.1. The van der Waals surface area contributed by atoms with Gasteiger partial charge < -0.3 is 10.2 Å². The molecule has 0 heterocycles. The van der Waals surface area contributed by atoms with Crippen molar-refractivity contribution in [3.63, 3.8) is 0 Å². The van der Waals surface area contributed by atoms with Crippen molar-refractivity contribution in [1.82, 2.24) is 0 Å². The highest BCUT2D eigenvalue weighted by atomic mass is 16.3. The number of hydrogen-bond donors (Lipinski definition) is 2. The molecule has 0 fully saturated rings. The Hall–Kier alpha value is -1.97. The van der Waals surface area contributed by atoms with Crippen LogP contribution in [0.3, 0.4) is 0 Å². The van der Waals surface area contributed by atoms with Crippen molar-refractivity contribution < 1.29 is 10.2 Å². The van der Waals surface area contributed by atoms with Crippen LogP contribution >= 0.6 is 0 Å². The number of phenols is 1. The maximum atomic E-state index is 9.36. The minimum atomic E-state index is -0.00823. The van der Waals surface area contributed by atoms with Gasteiger partial charge in [-0.25, -0.2) is 0 Å². The van der Waals surface area contributed by atoms with Gasteiger partial charge in [0.2, 0.25) is 0 Å². The van der Waals surface area contributed by atoms with E-state index in [0.717, 1.165) is 0 Å². The lowest BCUT2D eigenvalue weighted by Crippen LogP contribution is -1.81. The van der Waals surface area contributed by atoms with Gasteiger partial charge in [-0.2, -0.15) is 5.26 Å². The minimum Gasteiger partial charge on any atom is -0.507 e. The predicted molar refractivity (Wildman–Crippen MR) is 51.4 cm³/mol. The summed E-state index contributed by atoms with van der Waals surface area (Å²) in [5, 5.41) is 26.5. The molecule has 1 aromatic carbocycles. The summed E-state index contributed by atoms with van der Waals surface area (Å²) in [5.41, 5.74) is 0.869. The maximum absolute atomic E-state index is 9.36. The molecule has 0 amide bonds. The van der Waals surface area contributed by atoms with Gasteiger partial charge in [-0.05, 0) is 18.2 Å². The highest BCUT2D eigenvalue weighted by Crippen LogP contribution is 2.16. The molecular weight excluding hydrogens is 178 g/mol. The molecule has 0 spiro atoms. The van der Waals surface area contributed by atoms with E-state index in [9.17, 15) is 5.11 Å². The second-order valence-electron chi connectivity index (χ2n) is 2.62. The first-order valence-electron chi connectivity index (χ1n) is 4.11. The molecule has 0 atom stereocenters. The van der Waals surface area contributed by atoms with E-state index in [-0.39, 0.29) is 12.4 Å². The molecule has 0 aliphatic carbocycles. The minimum absolute atomic E-state index is 0.00823. The van der Waals surface area contributed by atoms with E-state index >= 15 is 0 Å². The summed E-state index contributed by atoms with van der Waals surface area (Å²) in [6, 6.07) is 6.42. The Morgan fingerprint density at radius 2 is 2.14 bits per heavy atom. The van der Waals surface area contributed by atoms with Gasteiger partial charge in [0, 0.05) is 6.42 Å². The van der Waals surface area contributed by atoms with Gasteiger partial charge in [0.25, 0.3) is 0 Å². The summed E-state index contributed by atoms with van der Waals surface area (Å²) in [5.74, 6) is 5.40. The fourth-order valence-electron chi connectivity index (χ4n) is 0.919. The molecule has 3 nitrogen and oxygen atoms in total. The van der Waals surface area contributed by atoms with E-state index in [1.54, 1.807) is 0 Å². The first-order chi connectivity index (χ1) is 6.77. The van der Waals surface area contributed by atoms with Crippen LogP contribution in [0.15, 0.2) is 18.2 Å². The molecule has 0 unspecified atom stereocenters. The largest absolute Gasteiger partial charge is 0.507 e. The third kappa shape index (κ3) is 2.52. The second-order valence-corrected chi connectivity index (χ2v) is 2.62. The van der Waals surface area contributed by atoms with Crippen LogP contribution in [0.2, 0.25) is 0 Å². The first-order valence-corrected chi connectivity index (χ1v) is 4.11. The quantitative estimate of drug-likeness (QED) is 0.644. The van der Waals surface area contributed by atoms with Crippen LogP contribution in [0.25, 0.3) is 0 Å². The number of aromatic hydroxyl groups is 1. The van der Waals surface area contributed by atoms with Gasteiger partial charge in [-0.3, -0.25) is 0 Å². The molecule has 0 bridgehead atoms. The SMILES string of the molecule is N#Cc1ccc(O)c(C#CCCO)c1. The fraction of sp³-hybridized carbons (Fsp3) is 0.182. The Morgan fingerprint density at radius 1 is 1.36 bits per heavy atom. The summed E-state index contributed by atoms with van der Waals surface area (Å²) in [7, 11) is 0. The fourth-order valence-corrected chi connectivity index (χ4v) is 0.919. The van der Waals surface area contributed by atoms with Crippen molar-refractivity contribution >= 4 is 0 Å². The molecule has 70 valence electrons. The summed E-state index contributed by atoms with van der Waals surface area (Å²) in [4.78, 5) is 0. The summed E-state index contributed by atoms with van der Waals surface area (Å²) < 4.78 is 0. The summed E-state index contributed by atoms with van der Waals surface area (Å²) in [6.07, 6.45) is 0.357. The number of benzene rings is 1. The van der Waals surface area contributed by atoms with Crippen LogP contribution in [0, 0.1) is 23.2 Å². The molecule has 0 radical (unpaired) electrons. The molecule has 1 rings (SSSR count). The number of phenolic OH excluding ortho intramolecular Hbond substituents is 1. The number of nitrogens with zero attached hydrogens (tertiary/aromatic N) is 1. The molecule has 1 aromatic rings. The lowest BCUT2D eigenvalue weighted by Gasteiger charge is -1.95. The van der Waals surface area contributed by atoms with Crippen molar-refractivity contribution in [2.45, 2.75) is 6.42 Å². The van der Waals surface area contributed by atoms with Gasteiger partial charge >= 0.3 is 0 Å². The summed E-state index contributed by atoms with van der Waals surface area (Å²) >= 11 is 0. The summed E-state index contributed by atoms with van der Waals surface area (Å²) in [6.45, 7) is -0.00823. The highest BCUT2D eigenvalue weighted by Gasteiger charge is 1.98. The number of rotatable bonds is 1. The predicted octanol–water partition coefficient (Wildman–Crippen LogP) is 0.998. The highest BCUT2D eigenvalue weighted by molar-refractivity contribution is 5.49. The van der Waals surface area contributed by atoms with Crippen LogP contribution in [0.5, 0.6) is 5.75 Å². The number of hydrogen-bond acceptors (Lipinski definition) is 3. The number of aliphatic hydroxyl groups excluding tert-OH is 1. The van der Waals surface area contributed by atoms with E-state index < -0.39 is 0 Å². The smallest absolute Gasteiger partial charge is 0.131 e. The Kier molecular flexibility index (Phi) is 3.55. The van der Waals surface area contributed by atoms with Gasteiger partial charge in [-0.15, -0.1) is 0 Å². The molecule has 3 heteroatoms. The molecule has 0 saturated heterocycles. The van der Waals surface area contributed by atoms with Crippen LogP contribution in [-0.2, 0) is 0 Å². The Bertz CT molecular complexity index is 421. The van der Waals surface area contributed by atoms with E-state index in [1.807, 2.05) is 6.07 Å². The van der Waals surface area contributed by atoms with Crippen LogP contribution in [0.1, 0.15) is 17.5 Å². The normalized spacial score (nSPS) is 8.57. The molecular formula is C11H9NO2. The van der Waals surface area contributed by atoms with Crippen LogP contribution in [-0.4, -0.2) is 16.8 Å². The molecule has 0 aromatic heterocycles. The second kappa shape index (κ2) is 4.91. The molecule has 14 heavy (non-hydrogen) atoms. The zero-order valence-electron chi connectivity index (χ0n) is 7.49. The number of aliphatic hydroxyl groups is 1. The Morgan fingerprint density at radius 3 is 2.79 bits per heavy atom. The zero-order chi connectivity index (χ0) is 10.4. The van der Waals surface area contributed by atoms with Crippen molar-refractivity contribution in [3.8, 4) is 23.7 Å². The zero-order valence-corrected chi connectivity index (χ0v) is 7.49.